The molecule has 1 amide bonds. The number of hydrogen-bond acceptors (Lipinski definition) is 5. The molecule has 1 N–H and O–H groups in total. The lowest BCUT2D eigenvalue weighted by Gasteiger charge is -2.35. The zero-order chi connectivity index (χ0) is 21.6. The third-order valence-electron chi connectivity index (χ3n) is 5.04. The SMILES string of the molecule is COc1ccccc1C(=O)NCCCS(=O)(=O)N1CCN(c2ccc(F)cc2)CC1. The highest BCUT2D eigenvalue weighted by molar-refractivity contribution is 7.89. The van der Waals surface area contributed by atoms with Crippen molar-refractivity contribution in [2.75, 3.05) is 50.5 Å². The van der Waals surface area contributed by atoms with Gasteiger partial charge in [-0.3, -0.25) is 4.79 Å². The summed E-state index contributed by atoms with van der Waals surface area (Å²) in [6.45, 7) is 2.12. The molecule has 162 valence electrons. The van der Waals surface area contributed by atoms with E-state index in [1.807, 2.05) is 4.90 Å². The highest BCUT2D eigenvalue weighted by Gasteiger charge is 2.26. The van der Waals surface area contributed by atoms with Crippen molar-refractivity contribution in [3.05, 3.63) is 59.9 Å². The normalized spacial score (nSPS) is 15.1. The highest BCUT2D eigenvalue weighted by Crippen LogP contribution is 2.19. The van der Waals surface area contributed by atoms with Crippen LogP contribution < -0.4 is 15.0 Å². The van der Waals surface area contributed by atoms with Crippen molar-refractivity contribution < 1.29 is 22.3 Å². The molecule has 0 spiro atoms. The van der Waals surface area contributed by atoms with Crippen LogP contribution in [-0.4, -0.2) is 64.2 Å². The van der Waals surface area contributed by atoms with Crippen LogP contribution in [0.1, 0.15) is 16.8 Å². The number of ether oxygens (including phenoxy) is 1. The fourth-order valence-electron chi connectivity index (χ4n) is 3.39. The molecule has 0 bridgehead atoms. The van der Waals surface area contributed by atoms with Crippen molar-refractivity contribution in [1.29, 1.82) is 0 Å². The van der Waals surface area contributed by atoms with Gasteiger partial charge in [0.25, 0.3) is 5.91 Å². The van der Waals surface area contributed by atoms with Crippen molar-refractivity contribution in [2.45, 2.75) is 6.42 Å². The smallest absolute Gasteiger partial charge is 0.255 e. The number of anilines is 1. The van der Waals surface area contributed by atoms with Gasteiger partial charge < -0.3 is 15.0 Å². The van der Waals surface area contributed by atoms with Gasteiger partial charge in [0.2, 0.25) is 10.0 Å². The molecule has 0 radical (unpaired) electrons. The first-order valence-electron chi connectivity index (χ1n) is 9.80. The summed E-state index contributed by atoms with van der Waals surface area (Å²) in [4.78, 5) is 14.3. The van der Waals surface area contributed by atoms with E-state index in [1.54, 1.807) is 36.4 Å². The molecule has 1 aliphatic heterocycles. The van der Waals surface area contributed by atoms with E-state index >= 15 is 0 Å². The molecule has 1 fully saturated rings. The first-order valence-corrected chi connectivity index (χ1v) is 11.4. The molecular formula is C21H26FN3O4S. The number of sulfonamides is 1. The number of piperazine rings is 1. The molecule has 0 unspecified atom stereocenters. The second-order valence-corrected chi connectivity index (χ2v) is 9.08. The van der Waals surface area contributed by atoms with Crippen molar-refractivity contribution in [3.8, 4) is 5.75 Å². The molecule has 1 heterocycles. The molecule has 9 heteroatoms. The number of benzene rings is 2. The lowest BCUT2D eigenvalue weighted by Crippen LogP contribution is -2.49. The fourth-order valence-corrected chi connectivity index (χ4v) is 4.88. The number of para-hydroxylation sites is 1. The summed E-state index contributed by atoms with van der Waals surface area (Å²) < 4.78 is 44.9. The minimum Gasteiger partial charge on any atom is -0.496 e. The zero-order valence-electron chi connectivity index (χ0n) is 16.9. The van der Waals surface area contributed by atoms with Crippen LogP contribution in [0, 0.1) is 5.82 Å². The van der Waals surface area contributed by atoms with E-state index in [-0.39, 0.29) is 24.0 Å². The Balaban J connectivity index is 1.44. The van der Waals surface area contributed by atoms with E-state index in [4.69, 9.17) is 4.74 Å². The predicted octanol–water partition coefficient (Wildman–Crippen LogP) is 2.11. The van der Waals surface area contributed by atoms with Gasteiger partial charge in [-0.25, -0.2) is 12.8 Å². The summed E-state index contributed by atoms with van der Waals surface area (Å²) in [6, 6.07) is 13.1. The first-order chi connectivity index (χ1) is 14.4. The third kappa shape index (κ3) is 5.48. The maximum atomic E-state index is 13.1. The Morgan fingerprint density at radius 1 is 1.07 bits per heavy atom. The van der Waals surface area contributed by atoms with Crippen LogP contribution in [0.2, 0.25) is 0 Å². The van der Waals surface area contributed by atoms with Gasteiger partial charge in [-0.15, -0.1) is 0 Å². The predicted molar refractivity (Wildman–Crippen MR) is 114 cm³/mol. The molecule has 0 atom stereocenters. The minimum atomic E-state index is -3.40. The lowest BCUT2D eigenvalue weighted by molar-refractivity contribution is 0.0950. The van der Waals surface area contributed by atoms with E-state index in [0.29, 0.717) is 43.9 Å². The average molecular weight is 436 g/mol. The lowest BCUT2D eigenvalue weighted by atomic mass is 10.2. The molecule has 2 aromatic rings. The summed E-state index contributed by atoms with van der Waals surface area (Å²) >= 11 is 0. The van der Waals surface area contributed by atoms with E-state index in [2.05, 4.69) is 5.32 Å². The number of hydrogen-bond donors (Lipinski definition) is 1. The number of halogens is 1. The van der Waals surface area contributed by atoms with Crippen LogP contribution in [-0.2, 0) is 10.0 Å². The van der Waals surface area contributed by atoms with Gasteiger partial charge in [-0.1, -0.05) is 12.1 Å². The molecule has 1 aliphatic rings. The summed E-state index contributed by atoms with van der Waals surface area (Å²) in [5.74, 6) is -0.146. The van der Waals surface area contributed by atoms with Gasteiger partial charge in [0.15, 0.2) is 0 Å². The van der Waals surface area contributed by atoms with E-state index < -0.39 is 10.0 Å². The molecule has 0 aromatic heterocycles. The van der Waals surface area contributed by atoms with Crippen molar-refractivity contribution >= 4 is 21.6 Å². The van der Waals surface area contributed by atoms with Gasteiger partial charge in [-0.2, -0.15) is 4.31 Å². The molecule has 3 rings (SSSR count). The second-order valence-electron chi connectivity index (χ2n) is 6.99. The number of amides is 1. The van der Waals surface area contributed by atoms with Crippen LogP contribution in [0.15, 0.2) is 48.5 Å². The summed E-state index contributed by atoms with van der Waals surface area (Å²) in [5, 5.41) is 2.74. The number of methoxy groups -OCH3 is 1. The number of carbonyl (C=O) groups excluding carboxylic acids is 1. The van der Waals surface area contributed by atoms with E-state index in [1.165, 1.54) is 23.5 Å². The number of rotatable bonds is 8. The molecular weight excluding hydrogens is 409 g/mol. The quantitative estimate of drug-likeness (QED) is 0.643. The highest BCUT2D eigenvalue weighted by atomic mass is 32.2. The minimum absolute atomic E-state index is 0.0320. The Kier molecular flexibility index (Phi) is 7.28. The Labute approximate surface area is 176 Å². The molecule has 0 aliphatic carbocycles. The van der Waals surface area contributed by atoms with Gasteiger partial charge in [0, 0.05) is 38.4 Å². The average Bonchev–Trinajstić information content (AvgIpc) is 2.77. The molecule has 7 nitrogen and oxygen atoms in total. The topological polar surface area (TPSA) is 78.9 Å². The van der Waals surface area contributed by atoms with Crippen LogP contribution in [0.4, 0.5) is 10.1 Å². The molecule has 2 aromatic carbocycles. The van der Waals surface area contributed by atoms with Crippen LogP contribution in [0.25, 0.3) is 0 Å². The van der Waals surface area contributed by atoms with Gasteiger partial charge in [0.1, 0.15) is 11.6 Å². The number of nitrogens with zero attached hydrogens (tertiary/aromatic N) is 2. The van der Waals surface area contributed by atoms with Gasteiger partial charge in [-0.05, 0) is 42.8 Å². The summed E-state index contributed by atoms with van der Waals surface area (Å²) in [7, 11) is -1.91. The van der Waals surface area contributed by atoms with Crippen molar-refractivity contribution in [2.24, 2.45) is 0 Å². The first kappa shape index (κ1) is 22.0. The molecule has 0 saturated carbocycles. The molecule has 1 saturated heterocycles. The molecule has 30 heavy (non-hydrogen) atoms. The Hall–Kier alpha value is -2.65. The van der Waals surface area contributed by atoms with Crippen molar-refractivity contribution in [1.82, 2.24) is 9.62 Å². The Morgan fingerprint density at radius 2 is 1.73 bits per heavy atom. The van der Waals surface area contributed by atoms with Crippen LogP contribution in [0.3, 0.4) is 0 Å². The zero-order valence-corrected chi connectivity index (χ0v) is 17.7. The summed E-state index contributed by atoms with van der Waals surface area (Å²) in [6.07, 6.45) is 0.321. The van der Waals surface area contributed by atoms with E-state index in [9.17, 15) is 17.6 Å². The number of nitrogens with one attached hydrogen (secondary N) is 1. The fraction of sp³-hybridized carbons (Fsp3) is 0.381. The van der Waals surface area contributed by atoms with Crippen LogP contribution in [0.5, 0.6) is 5.75 Å². The standard InChI is InChI=1S/C21H26FN3O4S/c1-29-20-6-3-2-5-19(20)21(26)23-11-4-16-30(27,28)25-14-12-24(13-15-25)18-9-7-17(22)8-10-18/h2-3,5-10H,4,11-16H2,1H3,(H,23,26). The van der Waals surface area contributed by atoms with Gasteiger partial charge >= 0.3 is 0 Å². The van der Waals surface area contributed by atoms with Crippen LogP contribution >= 0.6 is 0 Å². The van der Waals surface area contributed by atoms with Crippen molar-refractivity contribution in [3.63, 3.8) is 0 Å². The Morgan fingerprint density at radius 3 is 2.40 bits per heavy atom. The maximum Gasteiger partial charge on any atom is 0.255 e. The largest absolute Gasteiger partial charge is 0.496 e. The monoisotopic (exact) mass is 435 g/mol. The maximum absolute atomic E-state index is 13.1. The Bertz CT molecular complexity index is 958. The third-order valence-corrected chi connectivity index (χ3v) is 7.00. The number of carbonyl (C=O) groups is 1. The second kappa shape index (κ2) is 9.90. The van der Waals surface area contributed by atoms with E-state index in [0.717, 1.165) is 5.69 Å². The van der Waals surface area contributed by atoms with Gasteiger partial charge in [0.05, 0.1) is 18.4 Å². The summed E-state index contributed by atoms with van der Waals surface area (Å²) in [5.41, 5.74) is 1.30.